The Balaban J connectivity index is 4.35. The minimum Gasteiger partial charge on any atom is -0.477 e. The van der Waals surface area contributed by atoms with Crippen molar-refractivity contribution in [2.45, 2.75) is 212 Å². The van der Waals surface area contributed by atoms with E-state index in [0.29, 0.717) is 19.3 Å². The molecule has 336 valence electrons. The fourth-order valence-electron chi connectivity index (χ4n) is 6.87. The average molecular weight is 817 g/mol. The third-order valence-corrected chi connectivity index (χ3v) is 10.6. The average Bonchev–Trinajstić information content (AvgIpc) is 3.18. The second kappa shape index (κ2) is 41.0. The molecule has 0 amide bonds. The smallest absolute Gasteiger partial charge is 0.362 e. The van der Waals surface area contributed by atoms with Crippen LogP contribution in [0, 0.1) is 0 Å². The van der Waals surface area contributed by atoms with Crippen molar-refractivity contribution in [1.29, 1.82) is 0 Å². The Morgan fingerprint density at radius 1 is 0.517 bits per heavy atom. The molecule has 1 N–H and O–H groups in total. The largest absolute Gasteiger partial charge is 0.477 e. The number of carbonyl (C=O) groups excluding carboxylic acids is 2. The molecule has 0 saturated carbocycles. The van der Waals surface area contributed by atoms with Gasteiger partial charge in [0, 0.05) is 19.3 Å². The predicted molar refractivity (Wildman–Crippen MR) is 243 cm³/mol. The highest BCUT2D eigenvalue weighted by Crippen LogP contribution is 2.15. The van der Waals surface area contributed by atoms with Crippen LogP contribution in [0.2, 0.25) is 0 Å². The van der Waals surface area contributed by atoms with Crippen molar-refractivity contribution in [3.63, 3.8) is 0 Å². The van der Waals surface area contributed by atoms with Crippen molar-refractivity contribution < 1.29 is 38.2 Å². The zero-order chi connectivity index (χ0) is 42.8. The van der Waals surface area contributed by atoms with Gasteiger partial charge in [0.05, 0.1) is 34.4 Å². The Bertz CT molecular complexity index is 1090. The molecule has 0 aromatic rings. The Morgan fingerprint density at radius 3 is 1.38 bits per heavy atom. The summed E-state index contributed by atoms with van der Waals surface area (Å²) in [5.41, 5.74) is 0. The summed E-state index contributed by atoms with van der Waals surface area (Å²) in [6, 6.07) is -0.618. The molecule has 0 bridgehead atoms. The van der Waals surface area contributed by atoms with Crippen molar-refractivity contribution in [2.24, 2.45) is 0 Å². The number of carbonyl (C=O) groups is 3. The van der Waals surface area contributed by atoms with Gasteiger partial charge in [-0.2, -0.15) is 0 Å². The first-order valence-corrected chi connectivity index (χ1v) is 23.7. The number of carboxylic acid groups (broad SMARTS) is 1. The molecule has 0 aliphatic rings. The van der Waals surface area contributed by atoms with E-state index in [1.807, 2.05) is 21.1 Å². The lowest BCUT2D eigenvalue weighted by molar-refractivity contribution is -0.887. The van der Waals surface area contributed by atoms with Gasteiger partial charge < -0.3 is 23.8 Å². The Labute approximate surface area is 356 Å². The molecule has 0 rings (SSSR count). The van der Waals surface area contributed by atoms with Crippen molar-refractivity contribution in [2.75, 3.05) is 41.0 Å². The molecule has 0 fully saturated rings. The first kappa shape index (κ1) is 55.3. The number of nitrogens with zero attached hydrogens (tertiary/aromatic N) is 1. The zero-order valence-electron chi connectivity index (χ0n) is 38.2. The van der Waals surface area contributed by atoms with E-state index in [-0.39, 0.29) is 36.2 Å². The molecule has 0 aromatic heterocycles. The number of hydrogen-bond acceptors (Lipinski definition) is 6. The van der Waals surface area contributed by atoms with Gasteiger partial charge in [-0.1, -0.05) is 191 Å². The molecular weight excluding hydrogens is 727 g/mol. The Hall–Kier alpha value is -2.71. The van der Waals surface area contributed by atoms with Crippen LogP contribution in [0.25, 0.3) is 0 Å². The molecule has 2 unspecified atom stereocenters. The number of quaternary nitrogens is 1. The van der Waals surface area contributed by atoms with E-state index in [1.54, 1.807) is 0 Å². The molecule has 0 heterocycles. The molecule has 0 aromatic carbocycles. The molecule has 0 spiro atoms. The van der Waals surface area contributed by atoms with Gasteiger partial charge >= 0.3 is 17.9 Å². The third kappa shape index (κ3) is 38.8. The third-order valence-electron chi connectivity index (χ3n) is 10.6. The maximum Gasteiger partial charge on any atom is 0.362 e. The van der Waals surface area contributed by atoms with E-state index < -0.39 is 18.1 Å². The van der Waals surface area contributed by atoms with Gasteiger partial charge in [0.2, 0.25) is 0 Å². The minimum atomic E-state index is -0.878. The normalized spacial score (nSPS) is 13.3. The number of carboxylic acids is 1. The van der Waals surface area contributed by atoms with Crippen LogP contribution in [0.15, 0.2) is 48.6 Å². The fraction of sp³-hybridized carbons (Fsp3) is 0.780. The molecule has 2 atom stereocenters. The van der Waals surface area contributed by atoms with Gasteiger partial charge in [-0.05, 0) is 38.5 Å². The van der Waals surface area contributed by atoms with E-state index in [9.17, 15) is 19.5 Å². The van der Waals surface area contributed by atoms with Crippen LogP contribution in [-0.2, 0) is 28.6 Å². The zero-order valence-corrected chi connectivity index (χ0v) is 38.2. The summed E-state index contributed by atoms with van der Waals surface area (Å²) in [5, 5.41) is 9.63. The topological polar surface area (TPSA) is 99.1 Å². The lowest BCUT2D eigenvalue weighted by Crippen LogP contribution is -2.50. The van der Waals surface area contributed by atoms with Gasteiger partial charge in [-0.15, -0.1) is 0 Å². The summed E-state index contributed by atoms with van der Waals surface area (Å²) >= 11 is 0. The van der Waals surface area contributed by atoms with Gasteiger partial charge in [0.25, 0.3) is 0 Å². The maximum atomic E-state index is 12.8. The highest BCUT2D eigenvalue weighted by molar-refractivity contribution is 5.72. The molecule has 0 radical (unpaired) electrons. The summed E-state index contributed by atoms with van der Waals surface area (Å²) in [6.45, 7) is 4.69. The van der Waals surface area contributed by atoms with E-state index in [0.717, 1.165) is 64.2 Å². The molecule has 58 heavy (non-hydrogen) atoms. The molecular formula is C50H90NO7+. The maximum absolute atomic E-state index is 12.8. The monoisotopic (exact) mass is 817 g/mol. The Morgan fingerprint density at radius 2 is 0.914 bits per heavy atom. The van der Waals surface area contributed by atoms with E-state index in [1.165, 1.54) is 103 Å². The van der Waals surface area contributed by atoms with Gasteiger partial charge in [-0.25, -0.2) is 4.79 Å². The van der Waals surface area contributed by atoms with Crippen LogP contribution in [0.1, 0.15) is 200 Å². The molecule has 8 nitrogen and oxygen atoms in total. The van der Waals surface area contributed by atoms with Gasteiger partial charge in [0.15, 0.2) is 12.1 Å². The number of likely N-dealkylation sites (N-methyl/N-ethyl adjacent to an activating group) is 1. The van der Waals surface area contributed by atoms with E-state index in [2.05, 4.69) is 62.5 Å². The summed E-state index contributed by atoms with van der Waals surface area (Å²) < 4.78 is 17.3. The first-order chi connectivity index (χ1) is 28.1. The lowest BCUT2D eigenvalue weighted by atomic mass is 10.0. The summed E-state index contributed by atoms with van der Waals surface area (Å²) in [6.07, 6.45) is 48.6. The van der Waals surface area contributed by atoms with Crippen molar-refractivity contribution in [3.8, 4) is 0 Å². The standard InChI is InChI=1S/C50H89NO7/c1-6-8-10-12-14-16-18-20-22-24-25-27-28-30-32-34-36-38-40-48(52)57-45-46(44-56-43-42-47(50(54)55)51(3,4)5)58-49(53)41-39-37-35-33-31-29-26-23-21-19-17-15-13-11-9-7-2/h14,16,18,20,22,24-25,27,46-47H,6-13,15,17,19,21,23,26,28-45H2,1-5H3/p+1/b16-14+,20-18+,24-22+,27-25+. The summed E-state index contributed by atoms with van der Waals surface area (Å²) in [4.78, 5) is 37.1. The van der Waals surface area contributed by atoms with E-state index in [4.69, 9.17) is 14.2 Å². The second-order valence-corrected chi connectivity index (χ2v) is 17.1. The first-order valence-electron chi connectivity index (χ1n) is 23.7. The second-order valence-electron chi connectivity index (χ2n) is 17.1. The molecule has 0 saturated heterocycles. The van der Waals surface area contributed by atoms with Crippen LogP contribution in [0.4, 0.5) is 0 Å². The molecule has 0 aliphatic carbocycles. The van der Waals surface area contributed by atoms with Gasteiger partial charge in [-0.3, -0.25) is 9.59 Å². The summed E-state index contributed by atoms with van der Waals surface area (Å²) in [7, 11) is 5.52. The highest BCUT2D eigenvalue weighted by Gasteiger charge is 2.31. The lowest BCUT2D eigenvalue weighted by Gasteiger charge is -2.31. The van der Waals surface area contributed by atoms with Crippen molar-refractivity contribution in [1.82, 2.24) is 0 Å². The van der Waals surface area contributed by atoms with Crippen LogP contribution in [0.5, 0.6) is 0 Å². The number of ether oxygens (including phenoxy) is 3. The number of esters is 2. The van der Waals surface area contributed by atoms with Gasteiger partial charge in [0.1, 0.15) is 6.61 Å². The number of hydrogen-bond donors (Lipinski definition) is 1. The molecule has 8 heteroatoms. The quantitative estimate of drug-likeness (QED) is 0.0283. The van der Waals surface area contributed by atoms with Crippen molar-refractivity contribution >= 4 is 17.9 Å². The molecule has 0 aliphatic heterocycles. The van der Waals surface area contributed by atoms with Crippen LogP contribution in [-0.4, -0.2) is 80.6 Å². The number of aliphatic carboxylic acids is 1. The van der Waals surface area contributed by atoms with Crippen LogP contribution in [0.3, 0.4) is 0 Å². The summed E-state index contributed by atoms with van der Waals surface area (Å²) in [5.74, 6) is -1.49. The number of unbranched alkanes of at least 4 members (excludes halogenated alkanes) is 23. The fourth-order valence-corrected chi connectivity index (χ4v) is 6.87. The Kier molecular flexibility index (Phi) is 39.1. The predicted octanol–water partition coefficient (Wildman–Crippen LogP) is 13.2. The number of allylic oxidation sites excluding steroid dienone is 8. The SMILES string of the molecule is CCCCC/C=C/C=C/C=C/C=C/CCCCCCCC(=O)OCC(COCCC(C(=O)O)[N+](C)(C)C)OC(=O)CCCCCCCCCCCCCCCCCC. The van der Waals surface area contributed by atoms with E-state index >= 15 is 0 Å². The number of rotatable bonds is 42. The highest BCUT2D eigenvalue weighted by atomic mass is 16.6. The minimum absolute atomic E-state index is 0.0545. The van der Waals surface area contributed by atoms with Crippen molar-refractivity contribution in [3.05, 3.63) is 48.6 Å². The van der Waals surface area contributed by atoms with Crippen LogP contribution >= 0.6 is 0 Å². The van der Waals surface area contributed by atoms with Crippen LogP contribution < -0.4 is 0 Å².